The number of nitrogens with zero attached hydrogens (tertiary/aromatic N) is 3. The number of hydrogen-bond acceptors (Lipinski definition) is 2. The zero-order valence-corrected chi connectivity index (χ0v) is 18.1. The van der Waals surface area contributed by atoms with Gasteiger partial charge in [0.05, 0.1) is 28.7 Å². The summed E-state index contributed by atoms with van der Waals surface area (Å²) < 4.78 is 2.30. The fraction of sp³-hybridized carbons (Fsp3) is 0.269. The van der Waals surface area contributed by atoms with Crippen LogP contribution in [0, 0.1) is 20.8 Å². The lowest BCUT2D eigenvalue weighted by Gasteiger charge is -2.14. The first kappa shape index (κ1) is 19.3. The Balaban J connectivity index is 2.07. The van der Waals surface area contributed by atoms with Crippen molar-refractivity contribution < 1.29 is 4.57 Å². The van der Waals surface area contributed by atoms with Crippen LogP contribution >= 0.6 is 0 Å². The number of benzene rings is 2. The third kappa shape index (κ3) is 3.42. The number of pyridine rings is 1. The van der Waals surface area contributed by atoms with Crippen molar-refractivity contribution in [1.29, 1.82) is 0 Å². The molecule has 0 bridgehead atoms. The molecule has 2 aromatic heterocycles. The van der Waals surface area contributed by atoms with E-state index in [1.165, 1.54) is 38.9 Å². The normalized spacial score (nSPS) is 11.4. The molecule has 0 saturated carbocycles. The fourth-order valence-electron chi connectivity index (χ4n) is 4.02. The van der Waals surface area contributed by atoms with Crippen molar-refractivity contribution in [3.05, 3.63) is 77.2 Å². The summed E-state index contributed by atoms with van der Waals surface area (Å²) in [5.41, 5.74) is 10.5. The molecule has 0 unspecified atom stereocenters. The van der Waals surface area contributed by atoms with Gasteiger partial charge in [-0.05, 0) is 56.0 Å². The average Bonchev–Trinajstić information content (AvgIpc) is 2.71. The lowest BCUT2D eigenvalue weighted by molar-refractivity contribution is -0.633. The molecule has 0 fully saturated rings. The Morgan fingerprint density at radius 2 is 1.62 bits per heavy atom. The Hall–Kier alpha value is -3.07. The van der Waals surface area contributed by atoms with E-state index in [9.17, 15) is 0 Å². The highest BCUT2D eigenvalue weighted by Gasteiger charge is 2.24. The molecule has 2 heterocycles. The monoisotopic (exact) mass is 382 g/mol. The predicted octanol–water partition coefficient (Wildman–Crippen LogP) is 5.84. The zero-order valence-electron chi connectivity index (χ0n) is 18.1. The van der Waals surface area contributed by atoms with Crippen molar-refractivity contribution >= 4 is 10.9 Å². The fourth-order valence-corrected chi connectivity index (χ4v) is 4.02. The van der Waals surface area contributed by atoms with Crippen LogP contribution in [0.4, 0.5) is 0 Å². The number of rotatable bonds is 3. The van der Waals surface area contributed by atoms with Crippen LogP contribution in [0.25, 0.3) is 33.4 Å². The summed E-state index contributed by atoms with van der Waals surface area (Å²) in [5, 5.41) is 1.20. The smallest absolute Gasteiger partial charge is 0.222 e. The minimum absolute atomic E-state index is 0.366. The van der Waals surface area contributed by atoms with E-state index < -0.39 is 0 Å². The van der Waals surface area contributed by atoms with Crippen molar-refractivity contribution in [3.8, 4) is 22.5 Å². The molecule has 2 aromatic carbocycles. The van der Waals surface area contributed by atoms with Gasteiger partial charge < -0.3 is 0 Å². The van der Waals surface area contributed by atoms with Gasteiger partial charge in [-0.15, -0.1) is 0 Å². The highest BCUT2D eigenvalue weighted by molar-refractivity contribution is 5.88. The van der Waals surface area contributed by atoms with Gasteiger partial charge in [0, 0.05) is 17.6 Å². The second kappa shape index (κ2) is 7.40. The summed E-state index contributed by atoms with van der Waals surface area (Å²) in [7, 11) is 2.15. The molecule has 0 N–H and O–H groups in total. The number of para-hydroxylation sites is 1. The highest BCUT2D eigenvalue weighted by Crippen LogP contribution is 2.34. The Labute approximate surface area is 173 Å². The Morgan fingerprint density at radius 1 is 0.862 bits per heavy atom. The van der Waals surface area contributed by atoms with E-state index in [1.54, 1.807) is 0 Å². The molecule has 3 heteroatoms. The topological polar surface area (TPSA) is 29.7 Å². The van der Waals surface area contributed by atoms with Crippen LogP contribution in [0.15, 0.2) is 54.9 Å². The predicted molar refractivity (Wildman–Crippen MR) is 120 cm³/mol. The van der Waals surface area contributed by atoms with Gasteiger partial charge in [-0.25, -0.2) is 0 Å². The summed E-state index contributed by atoms with van der Waals surface area (Å²) in [5.74, 6) is 0.366. The molecule has 0 saturated heterocycles. The van der Waals surface area contributed by atoms with Crippen molar-refractivity contribution in [1.82, 2.24) is 9.97 Å². The number of fused-ring (bicyclic) bond motifs is 1. The van der Waals surface area contributed by atoms with Gasteiger partial charge >= 0.3 is 0 Å². The van der Waals surface area contributed by atoms with Gasteiger partial charge in [0.25, 0.3) is 0 Å². The summed E-state index contributed by atoms with van der Waals surface area (Å²) in [6, 6.07) is 15.3. The molecule has 3 nitrogen and oxygen atoms in total. The van der Waals surface area contributed by atoms with Crippen LogP contribution in [-0.4, -0.2) is 9.97 Å². The maximum absolute atomic E-state index is 4.80. The van der Waals surface area contributed by atoms with Gasteiger partial charge in [-0.3, -0.25) is 9.97 Å². The SMILES string of the molecule is Cc1cc(C)c(C)c(-c2c(-c3cnc(C(C)C)cn3)cc3ccccc3[n+]2C)c1. The number of aromatic nitrogens is 3. The molecule has 0 atom stereocenters. The molecule has 4 rings (SSSR count). The van der Waals surface area contributed by atoms with E-state index >= 15 is 0 Å². The lowest BCUT2D eigenvalue weighted by atomic mass is 9.93. The first-order valence-corrected chi connectivity index (χ1v) is 10.2. The number of hydrogen-bond donors (Lipinski definition) is 0. The summed E-state index contributed by atoms with van der Waals surface area (Å²) in [6.07, 6.45) is 3.83. The van der Waals surface area contributed by atoms with Gasteiger partial charge in [0.2, 0.25) is 11.2 Å². The molecule has 0 radical (unpaired) electrons. The first-order chi connectivity index (χ1) is 13.9. The molecular weight excluding hydrogens is 354 g/mol. The van der Waals surface area contributed by atoms with Crippen molar-refractivity contribution in [3.63, 3.8) is 0 Å². The molecule has 0 aliphatic heterocycles. The van der Waals surface area contributed by atoms with Gasteiger partial charge in [-0.1, -0.05) is 37.6 Å². The van der Waals surface area contributed by atoms with E-state index in [1.807, 2.05) is 12.4 Å². The van der Waals surface area contributed by atoms with E-state index in [0.29, 0.717) is 5.92 Å². The van der Waals surface area contributed by atoms with E-state index in [-0.39, 0.29) is 0 Å². The molecule has 0 amide bonds. The third-order valence-corrected chi connectivity index (χ3v) is 5.79. The summed E-state index contributed by atoms with van der Waals surface area (Å²) in [6.45, 7) is 10.8. The van der Waals surface area contributed by atoms with Crippen LogP contribution < -0.4 is 4.57 Å². The Morgan fingerprint density at radius 3 is 2.31 bits per heavy atom. The van der Waals surface area contributed by atoms with E-state index in [0.717, 1.165) is 17.0 Å². The average molecular weight is 383 g/mol. The molecule has 0 aliphatic carbocycles. The summed E-state index contributed by atoms with van der Waals surface area (Å²) in [4.78, 5) is 9.49. The standard InChI is InChI=1S/C26H28N3/c1-16(2)23-14-28-24(15-27-23)22-13-20-9-7-8-10-25(20)29(6)26(22)21-12-17(3)11-18(4)19(21)5/h7-16H,1-6H3/q+1. The van der Waals surface area contributed by atoms with Crippen LogP contribution in [0.2, 0.25) is 0 Å². The molecule has 146 valence electrons. The van der Waals surface area contributed by atoms with Gasteiger partial charge in [0.1, 0.15) is 7.05 Å². The summed E-state index contributed by atoms with van der Waals surface area (Å²) >= 11 is 0. The van der Waals surface area contributed by atoms with E-state index in [2.05, 4.69) is 93.7 Å². The third-order valence-electron chi connectivity index (χ3n) is 5.79. The quantitative estimate of drug-likeness (QED) is 0.417. The second-order valence-corrected chi connectivity index (χ2v) is 8.26. The zero-order chi connectivity index (χ0) is 20.7. The maximum Gasteiger partial charge on any atom is 0.222 e. The Kier molecular flexibility index (Phi) is 4.91. The number of aryl methyl sites for hydroxylation is 3. The van der Waals surface area contributed by atoms with E-state index in [4.69, 9.17) is 4.98 Å². The first-order valence-electron chi connectivity index (χ1n) is 10.2. The largest absolute Gasteiger partial charge is 0.257 e. The van der Waals surface area contributed by atoms with Crippen molar-refractivity contribution in [2.24, 2.45) is 7.05 Å². The minimum atomic E-state index is 0.366. The molecular formula is C26H28N3+. The molecule has 29 heavy (non-hydrogen) atoms. The highest BCUT2D eigenvalue weighted by atomic mass is 14.9. The Bertz CT molecular complexity index is 1210. The van der Waals surface area contributed by atoms with Crippen LogP contribution in [0.5, 0.6) is 0 Å². The molecule has 0 aliphatic rings. The van der Waals surface area contributed by atoms with Crippen molar-refractivity contribution in [2.45, 2.75) is 40.5 Å². The minimum Gasteiger partial charge on any atom is -0.257 e. The lowest BCUT2D eigenvalue weighted by Crippen LogP contribution is -2.33. The second-order valence-electron chi connectivity index (χ2n) is 8.26. The van der Waals surface area contributed by atoms with Crippen LogP contribution in [-0.2, 0) is 7.05 Å². The maximum atomic E-state index is 4.80. The van der Waals surface area contributed by atoms with Crippen molar-refractivity contribution in [2.75, 3.05) is 0 Å². The van der Waals surface area contributed by atoms with Gasteiger partial charge in [-0.2, -0.15) is 4.57 Å². The molecule has 4 aromatic rings. The van der Waals surface area contributed by atoms with Crippen LogP contribution in [0.3, 0.4) is 0 Å². The van der Waals surface area contributed by atoms with Crippen LogP contribution in [0.1, 0.15) is 42.1 Å². The van der Waals surface area contributed by atoms with Gasteiger partial charge in [0.15, 0.2) is 0 Å². The molecule has 0 spiro atoms.